The molecule has 0 unspecified atom stereocenters. The van der Waals surface area contributed by atoms with Crippen LogP contribution in [0.1, 0.15) is 42.5 Å². The van der Waals surface area contributed by atoms with Gasteiger partial charge in [-0.3, -0.25) is 0 Å². The summed E-state index contributed by atoms with van der Waals surface area (Å²) >= 11 is -0.0870. The van der Waals surface area contributed by atoms with Crippen molar-refractivity contribution in [3.63, 3.8) is 0 Å². The third kappa shape index (κ3) is 2.75. The molecule has 0 amide bonds. The van der Waals surface area contributed by atoms with Crippen LogP contribution in [0.3, 0.4) is 0 Å². The van der Waals surface area contributed by atoms with Gasteiger partial charge in [0.25, 0.3) is 0 Å². The normalized spacial score (nSPS) is 15.6. The number of hydrogen-bond acceptors (Lipinski definition) is 1. The van der Waals surface area contributed by atoms with E-state index in [1.54, 1.807) is 0 Å². The third-order valence-electron chi connectivity index (χ3n) is 4.35. The zero-order valence-electron chi connectivity index (χ0n) is 13.2. The van der Waals surface area contributed by atoms with Crippen LogP contribution in [0.4, 0.5) is 0 Å². The number of benzene rings is 2. The summed E-state index contributed by atoms with van der Waals surface area (Å²) < 4.78 is 1.17. The average molecular weight is 352 g/mol. The summed E-state index contributed by atoms with van der Waals surface area (Å²) in [4.78, 5) is 2.32. The molecule has 1 aliphatic rings. The Hall–Kier alpha value is -1.81. The van der Waals surface area contributed by atoms with Gasteiger partial charge in [0.15, 0.2) is 0 Å². The second kappa shape index (κ2) is 5.76. The van der Waals surface area contributed by atoms with Crippen LogP contribution in [0, 0.1) is 17.2 Å². The first kappa shape index (κ1) is 15.1. The molecule has 1 nitrogen and oxygen atoms in total. The van der Waals surface area contributed by atoms with Crippen molar-refractivity contribution in [3.05, 3.63) is 70.8 Å². The Morgan fingerprint density at radius 2 is 1.82 bits per heavy atom. The van der Waals surface area contributed by atoms with Gasteiger partial charge >= 0.3 is 139 Å². The van der Waals surface area contributed by atoms with Crippen LogP contribution >= 0.6 is 0 Å². The van der Waals surface area contributed by atoms with Crippen molar-refractivity contribution in [2.24, 2.45) is 0 Å². The van der Waals surface area contributed by atoms with E-state index in [-0.39, 0.29) is 20.4 Å². The summed E-state index contributed by atoms with van der Waals surface area (Å²) in [6, 6.07) is 15.3. The molecule has 2 heteroatoms. The Kier molecular flexibility index (Phi) is 3.96. The molecule has 3 rings (SSSR count). The number of nitriles is 1. The summed E-state index contributed by atoms with van der Waals surface area (Å²) in [5.74, 6) is 0. The Morgan fingerprint density at radius 1 is 1.09 bits per heavy atom. The summed E-state index contributed by atoms with van der Waals surface area (Å²) in [5.41, 5.74) is 6.71. The molecule has 0 bridgehead atoms. The number of hydrogen-bond donors (Lipinski definition) is 0. The molecular weight excluding hydrogens is 333 g/mol. The van der Waals surface area contributed by atoms with Crippen LogP contribution in [0.25, 0.3) is 5.57 Å². The molecule has 0 saturated heterocycles. The molecule has 0 aromatic heterocycles. The molecule has 0 atom stereocenters. The average Bonchev–Trinajstić information content (AvgIpc) is 2.49. The fraction of sp³-hybridized carbons (Fsp3) is 0.250. The first-order valence-electron chi connectivity index (χ1n) is 7.49. The molecule has 0 N–H and O–H groups in total. The Morgan fingerprint density at radius 3 is 2.50 bits per heavy atom. The Bertz CT molecular complexity index is 776. The van der Waals surface area contributed by atoms with E-state index in [9.17, 15) is 0 Å². The molecule has 0 radical (unpaired) electrons. The van der Waals surface area contributed by atoms with Gasteiger partial charge < -0.3 is 0 Å². The Balaban J connectivity index is 2.12. The van der Waals surface area contributed by atoms with Gasteiger partial charge in [-0.25, -0.2) is 0 Å². The van der Waals surface area contributed by atoms with E-state index in [2.05, 4.69) is 74.3 Å². The molecule has 1 aliphatic carbocycles. The van der Waals surface area contributed by atoms with Crippen LogP contribution in [0.5, 0.6) is 0 Å². The van der Waals surface area contributed by atoms with Gasteiger partial charge in [-0.1, -0.05) is 0 Å². The van der Waals surface area contributed by atoms with Crippen molar-refractivity contribution in [2.45, 2.75) is 32.6 Å². The molecule has 0 saturated carbocycles. The van der Waals surface area contributed by atoms with E-state index >= 15 is 0 Å². The molecule has 110 valence electrons. The van der Waals surface area contributed by atoms with Gasteiger partial charge in [-0.15, -0.1) is 0 Å². The summed E-state index contributed by atoms with van der Waals surface area (Å²) in [6.07, 6.45) is 3.40. The zero-order chi connectivity index (χ0) is 15.7. The fourth-order valence-electron chi connectivity index (χ4n) is 3.02. The molecule has 22 heavy (non-hydrogen) atoms. The topological polar surface area (TPSA) is 23.8 Å². The number of allylic oxidation sites excluding steroid dienone is 1. The molecule has 0 fully saturated rings. The van der Waals surface area contributed by atoms with Crippen molar-refractivity contribution >= 4 is 25.0 Å². The van der Waals surface area contributed by atoms with Crippen LogP contribution < -0.4 is 4.46 Å². The Labute approximate surface area is 138 Å². The molecule has 0 spiro atoms. The number of rotatable bonds is 2. The molecule has 2 aromatic carbocycles. The van der Waals surface area contributed by atoms with Crippen LogP contribution in [-0.2, 0) is 5.41 Å². The monoisotopic (exact) mass is 353 g/mol. The third-order valence-corrected chi connectivity index (χ3v) is 5.57. The quantitative estimate of drug-likeness (QED) is 0.752. The minimum atomic E-state index is -0.0870. The molecule has 2 aromatic rings. The number of aryl methyl sites for hydroxylation is 1. The van der Waals surface area contributed by atoms with Crippen LogP contribution in [-0.4, -0.2) is 15.0 Å². The fourth-order valence-corrected chi connectivity index (χ4v) is 3.90. The van der Waals surface area contributed by atoms with E-state index in [1.165, 1.54) is 32.3 Å². The van der Waals surface area contributed by atoms with Gasteiger partial charge in [0.1, 0.15) is 0 Å². The van der Waals surface area contributed by atoms with Gasteiger partial charge in [0.05, 0.1) is 0 Å². The maximum atomic E-state index is 8.98. The SMILES string of the molecule is Cc1ccc(C2=CCC(C)(C)c3cc([Se]C#N)ccc32)cc1. The van der Waals surface area contributed by atoms with Gasteiger partial charge in [0.2, 0.25) is 0 Å². The number of fused-ring (bicyclic) bond motifs is 1. The van der Waals surface area contributed by atoms with Gasteiger partial charge in [-0.2, -0.15) is 0 Å². The van der Waals surface area contributed by atoms with Crippen molar-refractivity contribution in [2.75, 3.05) is 0 Å². The van der Waals surface area contributed by atoms with E-state index in [0.29, 0.717) is 0 Å². The predicted octanol–water partition coefficient (Wildman–Crippen LogP) is 3.92. The van der Waals surface area contributed by atoms with Crippen LogP contribution in [0.15, 0.2) is 48.5 Å². The molecule has 0 aliphatic heterocycles. The van der Waals surface area contributed by atoms with Crippen molar-refractivity contribution < 1.29 is 0 Å². The summed E-state index contributed by atoms with van der Waals surface area (Å²) in [6.45, 7) is 6.70. The minimum absolute atomic E-state index is 0.0870. The predicted molar refractivity (Wildman–Crippen MR) is 93.3 cm³/mol. The summed E-state index contributed by atoms with van der Waals surface area (Å²) in [5, 5.41) is 8.98. The molecule has 0 heterocycles. The van der Waals surface area contributed by atoms with E-state index < -0.39 is 0 Å². The number of nitrogens with zero attached hydrogens (tertiary/aromatic N) is 1. The van der Waals surface area contributed by atoms with Gasteiger partial charge in [-0.05, 0) is 0 Å². The standard InChI is InChI=1S/C20H19NSe/c1-14-4-6-15(7-5-14)17-10-11-20(2,3)19-12-16(22-13-21)8-9-18(17)19/h4-10,12H,11H2,1-3H3. The first-order valence-corrected chi connectivity index (χ1v) is 9.20. The van der Waals surface area contributed by atoms with E-state index in [0.717, 1.165) is 6.42 Å². The van der Waals surface area contributed by atoms with Crippen LogP contribution in [0.2, 0.25) is 0 Å². The second-order valence-electron chi connectivity index (χ2n) is 6.47. The molecular formula is C20H19NSe. The first-order chi connectivity index (χ1) is 10.5. The summed E-state index contributed by atoms with van der Waals surface area (Å²) in [7, 11) is 0. The van der Waals surface area contributed by atoms with Crippen molar-refractivity contribution in [3.8, 4) is 4.97 Å². The van der Waals surface area contributed by atoms with Crippen molar-refractivity contribution in [1.29, 1.82) is 5.26 Å². The zero-order valence-corrected chi connectivity index (χ0v) is 14.9. The van der Waals surface area contributed by atoms with E-state index in [1.807, 2.05) is 0 Å². The van der Waals surface area contributed by atoms with Gasteiger partial charge in [0, 0.05) is 0 Å². The van der Waals surface area contributed by atoms with Crippen molar-refractivity contribution in [1.82, 2.24) is 0 Å². The second-order valence-corrected chi connectivity index (χ2v) is 8.27. The maximum absolute atomic E-state index is 8.98. The van der Waals surface area contributed by atoms with E-state index in [4.69, 9.17) is 5.26 Å².